The number of aryl methyl sites for hydroxylation is 1. The van der Waals surface area contributed by atoms with E-state index in [0.29, 0.717) is 11.4 Å². The highest BCUT2D eigenvalue weighted by Gasteiger charge is 2.11. The van der Waals surface area contributed by atoms with Gasteiger partial charge in [0.2, 0.25) is 0 Å². The molecule has 0 radical (unpaired) electrons. The van der Waals surface area contributed by atoms with Gasteiger partial charge in [0.15, 0.2) is 5.82 Å². The number of nitrogens with one attached hydrogen (secondary N) is 1. The van der Waals surface area contributed by atoms with Crippen molar-refractivity contribution in [2.24, 2.45) is 0 Å². The first-order valence-electron chi connectivity index (χ1n) is 6.94. The first-order valence-corrected chi connectivity index (χ1v) is 7.82. The van der Waals surface area contributed by atoms with Gasteiger partial charge in [0.1, 0.15) is 16.5 Å². The quantitative estimate of drug-likeness (QED) is 0.763. The molecular formula is C16H16FN3S. The second-order valence-electron chi connectivity index (χ2n) is 4.93. The SMILES string of the molecule is CCCNc1nc(-c2ccc(F)c(C)c2)nc2sccc12. The van der Waals surface area contributed by atoms with E-state index in [-0.39, 0.29) is 5.82 Å². The number of thiophene rings is 1. The highest BCUT2D eigenvalue weighted by Crippen LogP contribution is 2.29. The Hall–Kier alpha value is -2.01. The Morgan fingerprint density at radius 2 is 2.10 bits per heavy atom. The van der Waals surface area contributed by atoms with E-state index in [4.69, 9.17) is 0 Å². The Balaban J connectivity index is 2.11. The minimum absolute atomic E-state index is 0.208. The molecule has 3 nitrogen and oxygen atoms in total. The summed E-state index contributed by atoms with van der Waals surface area (Å²) in [6.07, 6.45) is 1.03. The van der Waals surface area contributed by atoms with E-state index >= 15 is 0 Å². The van der Waals surface area contributed by atoms with Gasteiger partial charge in [-0.2, -0.15) is 0 Å². The van der Waals surface area contributed by atoms with E-state index in [1.807, 2.05) is 11.4 Å². The van der Waals surface area contributed by atoms with E-state index in [1.54, 1.807) is 30.4 Å². The van der Waals surface area contributed by atoms with Crippen molar-refractivity contribution in [2.45, 2.75) is 20.3 Å². The molecule has 2 heterocycles. The lowest BCUT2D eigenvalue weighted by atomic mass is 10.1. The smallest absolute Gasteiger partial charge is 0.163 e. The fourth-order valence-electron chi connectivity index (χ4n) is 2.15. The Morgan fingerprint density at radius 1 is 1.24 bits per heavy atom. The summed E-state index contributed by atoms with van der Waals surface area (Å²) in [5, 5.41) is 6.39. The van der Waals surface area contributed by atoms with Crippen LogP contribution in [0, 0.1) is 12.7 Å². The summed E-state index contributed by atoms with van der Waals surface area (Å²) in [6, 6.07) is 7.00. The van der Waals surface area contributed by atoms with Gasteiger partial charge in [-0.05, 0) is 48.6 Å². The van der Waals surface area contributed by atoms with Gasteiger partial charge in [0.25, 0.3) is 0 Å². The number of hydrogen-bond acceptors (Lipinski definition) is 4. The molecule has 3 rings (SSSR count). The summed E-state index contributed by atoms with van der Waals surface area (Å²) >= 11 is 1.59. The largest absolute Gasteiger partial charge is 0.369 e. The van der Waals surface area contributed by atoms with Crippen molar-refractivity contribution in [1.29, 1.82) is 0 Å². The summed E-state index contributed by atoms with van der Waals surface area (Å²) in [6.45, 7) is 4.73. The minimum atomic E-state index is -0.208. The molecule has 0 fully saturated rings. The highest BCUT2D eigenvalue weighted by molar-refractivity contribution is 7.16. The van der Waals surface area contributed by atoms with Gasteiger partial charge in [-0.3, -0.25) is 0 Å². The highest BCUT2D eigenvalue weighted by atomic mass is 32.1. The van der Waals surface area contributed by atoms with Crippen LogP contribution in [-0.4, -0.2) is 16.5 Å². The maximum absolute atomic E-state index is 13.4. The Morgan fingerprint density at radius 3 is 2.86 bits per heavy atom. The van der Waals surface area contributed by atoms with Crippen LogP contribution >= 0.6 is 11.3 Å². The summed E-state index contributed by atoms with van der Waals surface area (Å²) in [7, 11) is 0. The molecule has 1 N–H and O–H groups in total. The molecule has 0 saturated heterocycles. The van der Waals surface area contributed by atoms with Crippen molar-refractivity contribution in [2.75, 3.05) is 11.9 Å². The summed E-state index contributed by atoms with van der Waals surface area (Å²) in [5.41, 5.74) is 1.44. The summed E-state index contributed by atoms with van der Waals surface area (Å²) in [4.78, 5) is 10.1. The molecule has 2 aromatic heterocycles. The molecule has 0 atom stereocenters. The van der Waals surface area contributed by atoms with Gasteiger partial charge in [-0.25, -0.2) is 14.4 Å². The lowest BCUT2D eigenvalue weighted by Crippen LogP contribution is -2.04. The zero-order valence-corrected chi connectivity index (χ0v) is 12.8. The number of nitrogens with zero attached hydrogens (tertiary/aromatic N) is 2. The van der Waals surface area contributed by atoms with Crippen LogP contribution in [0.4, 0.5) is 10.2 Å². The predicted molar refractivity (Wildman–Crippen MR) is 86.3 cm³/mol. The Labute approximate surface area is 126 Å². The number of halogens is 1. The van der Waals surface area contributed by atoms with Crippen molar-refractivity contribution < 1.29 is 4.39 Å². The molecule has 0 aliphatic heterocycles. The van der Waals surface area contributed by atoms with Crippen molar-refractivity contribution in [3.63, 3.8) is 0 Å². The molecule has 3 aromatic rings. The molecule has 5 heteroatoms. The number of aromatic nitrogens is 2. The van der Waals surface area contributed by atoms with Gasteiger partial charge in [0.05, 0.1) is 5.39 Å². The molecule has 0 aliphatic rings. The van der Waals surface area contributed by atoms with Gasteiger partial charge in [-0.15, -0.1) is 11.3 Å². The third kappa shape index (κ3) is 2.74. The number of hydrogen-bond donors (Lipinski definition) is 1. The Bertz CT molecular complexity index is 782. The normalized spacial score (nSPS) is 11.0. The molecule has 0 aliphatic carbocycles. The second kappa shape index (κ2) is 5.77. The zero-order valence-electron chi connectivity index (χ0n) is 12.0. The monoisotopic (exact) mass is 301 g/mol. The van der Waals surface area contributed by atoms with Crippen LogP contribution in [0.25, 0.3) is 21.6 Å². The fraction of sp³-hybridized carbons (Fsp3) is 0.250. The van der Waals surface area contributed by atoms with Crippen molar-refractivity contribution in [1.82, 2.24) is 9.97 Å². The number of anilines is 1. The van der Waals surface area contributed by atoms with Crippen LogP contribution in [0.3, 0.4) is 0 Å². The first kappa shape index (κ1) is 13.9. The van der Waals surface area contributed by atoms with E-state index in [1.165, 1.54) is 6.07 Å². The van der Waals surface area contributed by atoms with Crippen LogP contribution in [0.5, 0.6) is 0 Å². The molecular weight excluding hydrogens is 285 g/mol. The third-order valence-corrected chi connectivity index (χ3v) is 4.09. The lowest BCUT2D eigenvalue weighted by molar-refractivity contribution is 0.618. The van der Waals surface area contributed by atoms with E-state index in [9.17, 15) is 4.39 Å². The van der Waals surface area contributed by atoms with Crippen LogP contribution in [0.15, 0.2) is 29.6 Å². The van der Waals surface area contributed by atoms with Crippen LogP contribution in [-0.2, 0) is 0 Å². The number of rotatable bonds is 4. The van der Waals surface area contributed by atoms with E-state index in [2.05, 4.69) is 22.2 Å². The number of fused-ring (bicyclic) bond motifs is 1. The summed E-state index contributed by atoms with van der Waals surface area (Å²) in [5.74, 6) is 1.27. The van der Waals surface area contributed by atoms with Crippen molar-refractivity contribution in [3.05, 3.63) is 41.0 Å². The molecule has 0 amide bonds. The maximum Gasteiger partial charge on any atom is 0.163 e. The Kier molecular flexibility index (Phi) is 3.84. The minimum Gasteiger partial charge on any atom is -0.369 e. The average Bonchev–Trinajstić information content (AvgIpc) is 2.96. The van der Waals surface area contributed by atoms with E-state index < -0.39 is 0 Å². The number of benzene rings is 1. The van der Waals surface area contributed by atoms with Crippen LogP contribution in [0.1, 0.15) is 18.9 Å². The molecule has 0 unspecified atom stereocenters. The van der Waals surface area contributed by atoms with Gasteiger partial charge < -0.3 is 5.32 Å². The first-order chi connectivity index (χ1) is 10.2. The van der Waals surface area contributed by atoms with Gasteiger partial charge in [-0.1, -0.05) is 6.92 Å². The topological polar surface area (TPSA) is 37.8 Å². The standard InChI is InChI=1S/C16H16FN3S/c1-3-7-18-15-12-6-8-21-16(12)20-14(19-15)11-4-5-13(17)10(2)9-11/h4-6,8-9H,3,7H2,1-2H3,(H,18,19,20). The molecule has 108 valence electrons. The third-order valence-electron chi connectivity index (χ3n) is 3.28. The summed E-state index contributed by atoms with van der Waals surface area (Å²) < 4.78 is 13.4. The van der Waals surface area contributed by atoms with Crippen molar-refractivity contribution in [3.8, 4) is 11.4 Å². The lowest BCUT2D eigenvalue weighted by Gasteiger charge is -2.08. The molecule has 0 saturated carbocycles. The van der Waals surface area contributed by atoms with Gasteiger partial charge in [0, 0.05) is 12.1 Å². The second-order valence-corrected chi connectivity index (χ2v) is 5.82. The van der Waals surface area contributed by atoms with Crippen LogP contribution < -0.4 is 5.32 Å². The average molecular weight is 301 g/mol. The van der Waals surface area contributed by atoms with Gasteiger partial charge >= 0.3 is 0 Å². The maximum atomic E-state index is 13.4. The molecule has 0 spiro atoms. The molecule has 21 heavy (non-hydrogen) atoms. The van der Waals surface area contributed by atoms with Crippen molar-refractivity contribution >= 4 is 27.4 Å². The molecule has 0 bridgehead atoms. The predicted octanol–water partition coefficient (Wildman–Crippen LogP) is 4.63. The molecule has 1 aromatic carbocycles. The van der Waals surface area contributed by atoms with E-state index in [0.717, 1.165) is 34.6 Å². The zero-order chi connectivity index (χ0) is 14.8. The van der Waals surface area contributed by atoms with Crippen LogP contribution in [0.2, 0.25) is 0 Å². The fourth-order valence-corrected chi connectivity index (χ4v) is 2.91.